The summed E-state index contributed by atoms with van der Waals surface area (Å²) in [4.78, 5) is 17.1. The number of benzene rings is 2. The van der Waals surface area contributed by atoms with Gasteiger partial charge < -0.3 is 9.64 Å². The Morgan fingerprint density at radius 1 is 1.00 bits per heavy atom. The van der Waals surface area contributed by atoms with Gasteiger partial charge in [-0.2, -0.15) is 0 Å². The predicted octanol–water partition coefficient (Wildman–Crippen LogP) is 5.08. The lowest BCUT2D eigenvalue weighted by atomic mass is 9.86. The summed E-state index contributed by atoms with van der Waals surface area (Å²) in [7, 11) is 0. The van der Waals surface area contributed by atoms with E-state index < -0.39 is 5.67 Å². The van der Waals surface area contributed by atoms with Crippen LogP contribution in [0.4, 0.5) is 10.1 Å². The highest BCUT2D eigenvalue weighted by atomic mass is 35.5. The zero-order chi connectivity index (χ0) is 21.0. The maximum Gasteiger partial charge on any atom is 0.166 e. The number of carbonyl (C=O) groups excluding carboxylic acids is 1. The van der Waals surface area contributed by atoms with Crippen LogP contribution in [0.1, 0.15) is 48.1 Å². The monoisotopic (exact) mass is 446 g/mol. The first-order valence-corrected chi connectivity index (χ1v) is 11.0. The van der Waals surface area contributed by atoms with Crippen LogP contribution in [0.15, 0.2) is 54.6 Å². The molecule has 2 fully saturated rings. The van der Waals surface area contributed by atoms with Gasteiger partial charge in [-0.25, -0.2) is 4.39 Å². The maximum atomic E-state index is 15.3. The summed E-state index contributed by atoms with van der Waals surface area (Å²) in [6, 6.07) is 18.0. The number of hydrogen-bond donors (Lipinski definition) is 0. The molecule has 0 spiro atoms. The van der Waals surface area contributed by atoms with Crippen molar-refractivity contribution in [2.45, 2.75) is 37.9 Å². The number of carbonyl (C=O) groups is 1. The Labute approximate surface area is 190 Å². The first-order chi connectivity index (χ1) is 14.5. The topological polar surface area (TPSA) is 32.8 Å². The third-order valence-corrected chi connectivity index (χ3v) is 6.57. The molecule has 0 saturated carbocycles. The lowest BCUT2D eigenvalue weighted by Gasteiger charge is -2.39. The van der Waals surface area contributed by atoms with Gasteiger partial charge in [0.05, 0.1) is 13.2 Å². The Hall–Kier alpha value is -1.95. The number of morpholine rings is 1. The maximum absolute atomic E-state index is 15.3. The molecule has 0 N–H and O–H groups in total. The van der Waals surface area contributed by atoms with Gasteiger partial charge in [0.15, 0.2) is 5.78 Å². The average Bonchev–Trinajstić information content (AvgIpc) is 2.80. The summed E-state index contributed by atoms with van der Waals surface area (Å²) < 4.78 is 20.8. The molecule has 0 amide bonds. The number of Topliss-reactive ketones (excluding diaryl/α,β-unsaturated/α-hetero) is 1. The molecule has 2 aromatic rings. The minimum atomic E-state index is -1.40. The lowest BCUT2D eigenvalue weighted by Crippen LogP contribution is -2.43. The molecule has 2 saturated heterocycles. The Kier molecular flexibility index (Phi) is 8.09. The van der Waals surface area contributed by atoms with E-state index in [2.05, 4.69) is 41.0 Å². The Balaban J connectivity index is 0.00000272. The summed E-state index contributed by atoms with van der Waals surface area (Å²) in [5, 5.41) is 0. The van der Waals surface area contributed by atoms with Crippen LogP contribution in [0.3, 0.4) is 0 Å². The van der Waals surface area contributed by atoms with Crippen molar-refractivity contribution in [1.82, 2.24) is 4.90 Å². The van der Waals surface area contributed by atoms with E-state index in [-0.39, 0.29) is 30.7 Å². The van der Waals surface area contributed by atoms with E-state index in [1.165, 1.54) is 11.3 Å². The van der Waals surface area contributed by atoms with E-state index in [1.54, 1.807) is 12.1 Å². The van der Waals surface area contributed by atoms with Crippen LogP contribution < -0.4 is 4.90 Å². The van der Waals surface area contributed by atoms with Crippen molar-refractivity contribution in [3.63, 3.8) is 0 Å². The number of piperidine rings is 1. The number of halogens is 2. The number of anilines is 1. The second-order valence-corrected chi connectivity index (χ2v) is 8.52. The first kappa shape index (κ1) is 23.7. The number of ether oxygens (including phenoxy) is 1. The van der Waals surface area contributed by atoms with Gasteiger partial charge in [0.2, 0.25) is 0 Å². The highest BCUT2D eigenvalue weighted by Gasteiger charge is 2.38. The number of ketones is 1. The highest BCUT2D eigenvalue weighted by molar-refractivity contribution is 5.96. The van der Waals surface area contributed by atoms with Gasteiger partial charge in [-0.1, -0.05) is 42.5 Å². The van der Waals surface area contributed by atoms with Crippen molar-refractivity contribution in [3.05, 3.63) is 65.7 Å². The molecule has 168 valence electrons. The fourth-order valence-electron chi connectivity index (χ4n) is 4.50. The summed E-state index contributed by atoms with van der Waals surface area (Å²) in [6.45, 7) is 6.95. The molecule has 2 heterocycles. The van der Waals surface area contributed by atoms with Crippen LogP contribution in [0.2, 0.25) is 0 Å². The second-order valence-electron chi connectivity index (χ2n) is 8.52. The molecule has 2 aliphatic heterocycles. The summed E-state index contributed by atoms with van der Waals surface area (Å²) in [5.41, 5.74) is 1.68. The van der Waals surface area contributed by atoms with Gasteiger partial charge in [0, 0.05) is 49.9 Å². The Morgan fingerprint density at radius 3 is 2.23 bits per heavy atom. The van der Waals surface area contributed by atoms with E-state index in [4.69, 9.17) is 4.74 Å². The van der Waals surface area contributed by atoms with Gasteiger partial charge in [-0.05, 0) is 37.5 Å². The second kappa shape index (κ2) is 10.6. The average molecular weight is 447 g/mol. The Morgan fingerprint density at radius 2 is 1.61 bits per heavy atom. The lowest BCUT2D eigenvalue weighted by molar-refractivity contribution is 0.0339. The molecular weight excluding hydrogens is 415 g/mol. The van der Waals surface area contributed by atoms with Gasteiger partial charge >= 0.3 is 0 Å². The van der Waals surface area contributed by atoms with Crippen molar-refractivity contribution in [1.29, 1.82) is 0 Å². The minimum absolute atomic E-state index is 0. The van der Waals surface area contributed by atoms with E-state index >= 15 is 4.39 Å². The standard InChI is InChI=1S/C25H31FN2O2.ClH/c1-20(21-7-9-23(10-8-21)28-15-17-30-18-16-28)27-13-11-25(26,12-14-27)19-24(29)22-5-3-2-4-6-22;/h2-10,20H,11-19H2,1H3;1H. The molecule has 2 aromatic carbocycles. The van der Waals surface area contributed by atoms with Crippen molar-refractivity contribution in [2.75, 3.05) is 44.3 Å². The molecule has 1 unspecified atom stereocenters. The number of nitrogens with zero attached hydrogens (tertiary/aromatic N) is 2. The normalized spacial score (nSPS) is 20.0. The number of alkyl halides is 1. The van der Waals surface area contributed by atoms with E-state index in [1.807, 2.05) is 18.2 Å². The smallest absolute Gasteiger partial charge is 0.166 e. The van der Waals surface area contributed by atoms with Gasteiger partial charge in [0.25, 0.3) is 0 Å². The molecule has 4 nitrogen and oxygen atoms in total. The molecular formula is C25H32ClFN2O2. The number of likely N-dealkylation sites (tertiary alicyclic amines) is 1. The van der Waals surface area contributed by atoms with Crippen LogP contribution in [0.5, 0.6) is 0 Å². The third-order valence-electron chi connectivity index (χ3n) is 6.57. The number of hydrogen-bond acceptors (Lipinski definition) is 4. The van der Waals surface area contributed by atoms with Gasteiger partial charge in [-0.3, -0.25) is 9.69 Å². The number of rotatable bonds is 6. The predicted molar refractivity (Wildman–Crippen MR) is 125 cm³/mol. The van der Waals surface area contributed by atoms with Crippen LogP contribution >= 0.6 is 12.4 Å². The zero-order valence-corrected chi connectivity index (χ0v) is 19.0. The zero-order valence-electron chi connectivity index (χ0n) is 18.1. The van der Waals surface area contributed by atoms with E-state index in [0.717, 1.165) is 26.3 Å². The van der Waals surface area contributed by atoms with Crippen LogP contribution in [-0.2, 0) is 4.74 Å². The summed E-state index contributed by atoms with van der Waals surface area (Å²) in [6.07, 6.45) is 0.789. The van der Waals surface area contributed by atoms with Crippen molar-refractivity contribution < 1.29 is 13.9 Å². The van der Waals surface area contributed by atoms with Crippen molar-refractivity contribution in [3.8, 4) is 0 Å². The molecule has 2 aliphatic rings. The molecule has 6 heteroatoms. The fourth-order valence-corrected chi connectivity index (χ4v) is 4.50. The van der Waals surface area contributed by atoms with E-state index in [0.29, 0.717) is 31.5 Å². The van der Waals surface area contributed by atoms with Crippen molar-refractivity contribution >= 4 is 23.9 Å². The third kappa shape index (κ3) is 5.85. The van der Waals surface area contributed by atoms with Crippen LogP contribution in [-0.4, -0.2) is 55.7 Å². The molecule has 4 rings (SSSR count). The SMILES string of the molecule is CC(c1ccc(N2CCOCC2)cc1)N1CCC(F)(CC(=O)c2ccccc2)CC1.Cl. The van der Waals surface area contributed by atoms with Crippen LogP contribution in [0.25, 0.3) is 0 Å². The molecule has 0 aliphatic carbocycles. The molecule has 0 bridgehead atoms. The summed E-state index contributed by atoms with van der Waals surface area (Å²) in [5.74, 6) is -0.0988. The molecule has 1 atom stereocenters. The Bertz CT molecular complexity index is 832. The molecule has 31 heavy (non-hydrogen) atoms. The fraction of sp³-hybridized carbons (Fsp3) is 0.480. The first-order valence-electron chi connectivity index (χ1n) is 11.0. The minimum Gasteiger partial charge on any atom is -0.378 e. The van der Waals surface area contributed by atoms with Gasteiger partial charge in [-0.15, -0.1) is 12.4 Å². The van der Waals surface area contributed by atoms with Gasteiger partial charge in [0.1, 0.15) is 5.67 Å². The van der Waals surface area contributed by atoms with Crippen LogP contribution in [0, 0.1) is 0 Å². The van der Waals surface area contributed by atoms with E-state index in [9.17, 15) is 4.79 Å². The highest BCUT2D eigenvalue weighted by Crippen LogP contribution is 2.35. The quantitative estimate of drug-likeness (QED) is 0.579. The molecule has 0 radical (unpaired) electrons. The summed E-state index contributed by atoms with van der Waals surface area (Å²) >= 11 is 0. The largest absolute Gasteiger partial charge is 0.378 e. The molecule has 0 aromatic heterocycles. The van der Waals surface area contributed by atoms with Crippen molar-refractivity contribution in [2.24, 2.45) is 0 Å².